The van der Waals surface area contributed by atoms with E-state index in [1.54, 1.807) is 6.92 Å². The van der Waals surface area contributed by atoms with E-state index in [1.165, 1.54) is 0 Å². The van der Waals surface area contributed by atoms with Crippen molar-refractivity contribution in [1.82, 2.24) is 0 Å². The molecule has 2 bridgehead atoms. The monoisotopic (exact) mass is 296 g/mol. The van der Waals surface area contributed by atoms with E-state index >= 15 is 0 Å². The van der Waals surface area contributed by atoms with Crippen LogP contribution in [0.2, 0.25) is 0 Å². The molecule has 0 aromatic heterocycles. The molecule has 118 valence electrons. The van der Waals surface area contributed by atoms with Gasteiger partial charge in [0.15, 0.2) is 0 Å². The summed E-state index contributed by atoms with van der Waals surface area (Å²) < 4.78 is 0. The van der Waals surface area contributed by atoms with Gasteiger partial charge in [-0.25, -0.2) is 0 Å². The van der Waals surface area contributed by atoms with Gasteiger partial charge in [-0.05, 0) is 31.1 Å². The minimum atomic E-state index is -1.26. The second kappa shape index (κ2) is 5.44. The number of aliphatic hydroxyl groups is 1. The van der Waals surface area contributed by atoms with Gasteiger partial charge in [-0.15, -0.1) is 0 Å². The molecule has 3 N–H and O–H groups in total. The molecule has 0 aromatic carbocycles. The molecule has 2 aliphatic carbocycles. The fourth-order valence-corrected chi connectivity index (χ4v) is 4.75. The summed E-state index contributed by atoms with van der Waals surface area (Å²) in [6, 6.07) is 0. The number of carboxylic acids is 2. The van der Waals surface area contributed by atoms with Gasteiger partial charge in [-0.2, -0.15) is 0 Å². The summed E-state index contributed by atoms with van der Waals surface area (Å²) in [6.07, 6.45) is 5.96. The first-order valence-electron chi connectivity index (χ1n) is 7.65. The van der Waals surface area contributed by atoms with E-state index in [4.69, 9.17) is 0 Å². The summed E-state index contributed by atoms with van der Waals surface area (Å²) in [5.74, 6) is -3.12. The van der Waals surface area contributed by atoms with Gasteiger partial charge in [0.05, 0.1) is 11.3 Å². The van der Waals surface area contributed by atoms with Crippen molar-refractivity contribution in [1.29, 1.82) is 0 Å². The standard InChI is InChI=1S/C16H24O5/c1-3-10(9-17)7-15-6-5-11(8-15)12(13(18)19)16(15,4-2)14(20)21/h5-6,10-12,17H,3-4,7-9H2,1-2H3,(H,18,19)(H,20,21). The molecule has 0 spiro atoms. The molecule has 0 aliphatic heterocycles. The van der Waals surface area contributed by atoms with Gasteiger partial charge in [0.1, 0.15) is 0 Å². The molecule has 2 aliphatic rings. The zero-order chi connectivity index (χ0) is 15.8. The molecular weight excluding hydrogens is 272 g/mol. The number of allylic oxidation sites excluding steroid dienone is 2. The minimum absolute atomic E-state index is 0.00576. The average molecular weight is 296 g/mol. The number of fused-ring (bicyclic) bond motifs is 2. The molecule has 1 saturated carbocycles. The third kappa shape index (κ3) is 2.01. The molecule has 0 saturated heterocycles. The van der Waals surface area contributed by atoms with Crippen LogP contribution in [0.15, 0.2) is 12.2 Å². The topological polar surface area (TPSA) is 94.8 Å². The highest BCUT2D eigenvalue weighted by Gasteiger charge is 2.70. The molecule has 5 unspecified atom stereocenters. The van der Waals surface area contributed by atoms with E-state index in [2.05, 4.69) is 0 Å². The lowest BCUT2D eigenvalue weighted by molar-refractivity contribution is -0.169. The van der Waals surface area contributed by atoms with Crippen molar-refractivity contribution in [2.75, 3.05) is 6.61 Å². The molecule has 0 radical (unpaired) electrons. The van der Waals surface area contributed by atoms with Gasteiger partial charge >= 0.3 is 11.9 Å². The number of carboxylic acid groups (broad SMARTS) is 2. The summed E-state index contributed by atoms with van der Waals surface area (Å²) in [5.41, 5.74) is -1.91. The number of carbonyl (C=O) groups is 2. The second-order valence-corrected chi connectivity index (χ2v) is 6.49. The van der Waals surface area contributed by atoms with Crippen LogP contribution in [0.5, 0.6) is 0 Å². The number of rotatable bonds is 7. The maximum Gasteiger partial charge on any atom is 0.311 e. The van der Waals surface area contributed by atoms with Crippen molar-refractivity contribution in [3.05, 3.63) is 12.2 Å². The largest absolute Gasteiger partial charge is 0.481 e. The fraction of sp³-hybridized carbons (Fsp3) is 0.750. The Kier molecular flexibility index (Phi) is 4.15. The molecular formula is C16H24O5. The van der Waals surface area contributed by atoms with E-state index in [0.717, 1.165) is 6.42 Å². The first kappa shape index (κ1) is 16.0. The molecule has 0 heterocycles. The Morgan fingerprint density at radius 3 is 2.43 bits per heavy atom. The molecule has 2 rings (SSSR count). The Morgan fingerprint density at radius 1 is 1.33 bits per heavy atom. The Bertz CT molecular complexity index is 467. The average Bonchev–Trinajstić information content (AvgIpc) is 2.98. The van der Waals surface area contributed by atoms with Crippen molar-refractivity contribution in [3.63, 3.8) is 0 Å². The molecule has 5 nitrogen and oxygen atoms in total. The van der Waals surface area contributed by atoms with E-state index < -0.39 is 28.7 Å². The number of hydrogen-bond acceptors (Lipinski definition) is 3. The number of hydrogen-bond donors (Lipinski definition) is 3. The second-order valence-electron chi connectivity index (χ2n) is 6.49. The van der Waals surface area contributed by atoms with Crippen LogP contribution in [0.3, 0.4) is 0 Å². The van der Waals surface area contributed by atoms with Crippen molar-refractivity contribution in [2.24, 2.45) is 28.6 Å². The maximum absolute atomic E-state index is 12.1. The Labute approximate surface area is 124 Å². The van der Waals surface area contributed by atoms with E-state index in [-0.39, 0.29) is 18.4 Å². The molecule has 0 amide bonds. The predicted molar refractivity (Wildman–Crippen MR) is 76.6 cm³/mol. The highest BCUT2D eigenvalue weighted by atomic mass is 16.4. The van der Waals surface area contributed by atoms with Crippen LogP contribution in [-0.4, -0.2) is 33.9 Å². The fourth-order valence-electron chi connectivity index (χ4n) is 4.75. The number of aliphatic hydroxyl groups excluding tert-OH is 1. The summed E-state index contributed by atoms with van der Waals surface area (Å²) in [6.45, 7) is 3.74. The Hall–Kier alpha value is -1.36. The van der Waals surface area contributed by atoms with Crippen LogP contribution < -0.4 is 0 Å². The van der Waals surface area contributed by atoms with Crippen molar-refractivity contribution in [3.8, 4) is 0 Å². The smallest absolute Gasteiger partial charge is 0.311 e. The van der Waals surface area contributed by atoms with Crippen LogP contribution in [0, 0.1) is 28.6 Å². The highest BCUT2D eigenvalue weighted by Crippen LogP contribution is 2.67. The van der Waals surface area contributed by atoms with Gasteiger partial charge in [0.2, 0.25) is 0 Å². The van der Waals surface area contributed by atoms with Gasteiger partial charge in [-0.3, -0.25) is 9.59 Å². The van der Waals surface area contributed by atoms with Crippen LogP contribution in [0.25, 0.3) is 0 Å². The summed E-state index contributed by atoms with van der Waals surface area (Å²) >= 11 is 0. The first-order chi connectivity index (χ1) is 9.88. The lowest BCUT2D eigenvalue weighted by Crippen LogP contribution is -2.51. The third-order valence-corrected chi connectivity index (χ3v) is 5.80. The normalized spacial score (nSPS) is 38.6. The lowest BCUT2D eigenvalue weighted by Gasteiger charge is -2.45. The van der Waals surface area contributed by atoms with E-state index in [9.17, 15) is 24.9 Å². The van der Waals surface area contributed by atoms with Crippen molar-refractivity contribution >= 4 is 11.9 Å². The molecule has 0 aromatic rings. The molecule has 1 fully saturated rings. The minimum Gasteiger partial charge on any atom is -0.481 e. The predicted octanol–water partition coefficient (Wildman–Crippen LogP) is 2.15. The van der Waals surface area contributed by atoms with Gasteiger partial charge in [0, 0.05) is 12.0 Å². The molecule has 21 heavy (non-hydrogen) atoms. The maximum atomic E-state index is 12.1. The zero-order valence-corrected chi connectivity index (χ0v) is 12.6. The van der Waals surface area contributed by atoms with Gasteiger partial charge < -0.3 is 15.3 Å². The number of aliphatic carboxylic acids is 2. The highest BCUT2D eigenvalue weighted by molar-refractivity contribution is 5.87. The van der Waals surface area contributed by atoms with Crippen LogP contribution in [-0.2, 0) is 9.59 Å². The van der Waals surface area contributed by atoms with Gasteiger partial charge in [-0.1, -0.05) is 32.4 Å². The van der Waals surface area contributed by atoms with E-state index in [0.29, 0.717) is 19.3 Å². The quantitative estimate of drug-likeness (QED) is 0.626. The van der Waals surface area contributed by atoms with Crippen LogP contribution in [0.4, 0.5) is 0 Å². The molecule has 5 heteroatoms. The molecule has 5 atom stereocenters. The lowest BCUT2D eigenvalue weighted by atomic mass is 9.56. The van der Waals surface area contributed by atoms with Crippen LogP contribution >= 0.6 is 0 Å². The SMILES string of the molecule is CCC(CO)CC12C=CC(C1)C(C(=O)O)C2(CC)C(=O)O. The van der Waals surface area contributed by atoms with Crippen molar-refractivity contribution < 1.29 is 24.9 Å². The van der Waals surface area contributed by atoms with Crippen molar-refractivity contribution in [2.45, 2.75) is 39.5 Å². The summed E-state index contributed by atoms with van der Waals surface area (Å²) in [7, 11) is 0. The van der Waals surface area contributed by atoms with Crippen LogP contribution in [0.1, 0.15) is 39.5 Å². The summed E-state index contributed by atoms with van der Waals surface area (Å²) in [5, 5.41) is 28.9. The zero-order valence-electron chi connectivity index (χ0n) is 12.6. The van der Waals surface area contributed by atoms with E-state index in [1.807, 2.05) is 19.1 Å². The Balaban J connectivity index is 2.51. The summed E-state index contributed by atoms with van der Waals surface area (Å²) in [4.78, 5) is 23.8. The van der Waals surface area contributed by atoms with Gasteiger partial charge in [0.25, 0.3) is 0 Å². The Morgan fingerprint density at radius 2 is 2.00 bits per heavy atom. The third-order valence-electron chi connectivity index (χ3n) is 5.80. The first-order valence-corrected chi connectivity index (χ1v) is 7.65.